The van der Waals surface area contributed by atoms with Gasteiger partial charge in [-0.2, -0.15) is 0 Å². The smallest absolute Gasteiger partial charge is 0.320 e. The van der Waals surface area contributed by atoms with Crippen LogP contribution < -0.4 is 20.9 Å². The second-order valence-electron chi connectivity index (χ2n) is 8.30. The van der Waals surface area contributed by atoms with Crippen molar-refractivity contribution in [1.82, 2.24) is 30.2 Å². The summed E-state index contributed by atoms with van der Waals surface area (Å²) < 4.78 is 7.36. The fourth-order valence-electron chi connectivity index (χ4n) is 4.07. The van der Waals surface area contributed by atoms with Crippen LogP contribution in [0.5, 0.6) is 0 Å². The predicted octanol–water partition coefficient (Wildman–Crippen LogP) is 2.84. The molecule has 1 aliphatic heterocycles. The molecule has 4 aromatic rings. The van der Waals surface area contributed by atoms with E-state index >= 15 is 0 Å². The van der Waals surface area contributed by atoms with Gasteiger partial charge in [-0.25, -0.2) is 19.3 Å². The molecule has 4 heterocycles. The van der Waals surface area contributed by atoms with E-state index in [2.05, 4.69) is 35.9 Å². The summed E-state index contributed by atoms with van der Waals surface area (Å²) in [5.41, 5.74) is 1.75. The summed E-state index contributed by atoms with van der Waals surface area (Å²) in [6, 6.07) is 12.9. The molecule has 0 saturated carbocycles. The summed E-state index contributed by atoms with van der Waals surface area (Å²) in [5, 5.41) is 13.0. The van der Waals surface area contributed by atoms with E-state index in [0.717, 1.165) is 24.3 Å². The maximum absolute atomic E-state index is 12.9. The Kier molecular flexibility index (Phi) is 6.04. The molecule has 1 atom stereocenters. The number of rotatable bonds is 6. The third kappa shape index (κ3) is 4.79. The Balaban J connectivity index is 1.23. The third-order valence-electron chi connectivity index (χ3n) is 5.76. The van der Waals surface area contributed by atoms with Crippen LogP contribution in [-0.4, -0.2) is 57.2 Å². The molecule has 3 aromatic heterocycles. The number of benzene rings is 1. The first-order valence-electron chi connectivity index (χ1n) is 11.5. The molecule has 11 nitrogen and oxygen atoms in total. The maximum Gasteiger partial charge on any atom is 0.320 e. The second-order valence-corrected chi connectivity index (χ2v) is 8.30. The van der Waals surface area contributed by atoms with E-state index in [9.17, 15) is 9.59 Å². The molecule has 1 aromatic carbocycles. The molecular weight excluding hydrogens is 448 g/mol. The number of amides is 3. The van der Waals surface area contributed by atoms with E-state index in [0.29, 0.717) is 41.9 Å². The molecule has 0 aliphatic carbocycles. The van der Waals surface area contributed by atoms with Gasteiger partial charge < -0.3 is 20.0 Å². The molecule has 3 amide bonds. The van der Waals surface area contributed by atoms with Crippen LogP contribution in [0.4, 0.5) is 16.4 Å². The Labute approximate surface area is 201 Å². The standard InChI is InChI=1S/C24H26N8O3/c1-3-25-24(34)28-18-14-32-19(27-18)9-10-20(30-32)31-12-11-17(13-31)26-22(33)21-15(2)35-23(29-21)16-7-5-4-6-8-16/h4-10,14,17H,3,11-13H2,1-2H3,(H,26,33)(H2,25,28,34)/t17-/m0/s1. The van der Waals surface area contributed by atoms with E-state index in [-0.39, 0.29) is 18.0 Å². The minimum atomic E-state index is -0.313. The van der Waals surface area contributed by atoms with Crippen LogP contribution >= 0.6 is 0 Å². The van der Waals surface area contributed by atoms with Gasteiger partial charge in [0.15, 0.2) is 17.2 Å². The van der Waals surface area contributed by atoms with Crippen LogP contribution in [0.15, 0.2) is 53.1 Å². The first kappa shape index (κ1) is 22.4. The fourth-order valence-corrected chi connectivity index (χ4v) is 4.07. The molecule has 1 fully saturated rings. The van der Waals surface area contributed by atoms with Gasteiger partial charge in [-0.15, -0.1) is 5.10 Å². The highest BCUT2D eigenvalue weighted by Gasteiger charge is 2.27. The molecule has 1 aliphatic rings. The Morgan fingerprint density at radius 2 is 1.97 bits per heavy atom. The summed E-state index contributed by atoms with van der Waals surface area (Å²) >= 11 is 0. The zero-order valence-electron chi connectivity index (χ0n) is 19.5. The number of urea groups is 1. The van der Waals surface area contributed by atoms with Gasteiger partial charge in [-0.05, 0) is 44.5 Å². The largest absolute Gasteiger partial charge is 0.441 e. The number of fused-ring (bicyclic) bond motifs is 1. The van der Waals surface area contributed by atoms with Crippen molar-refractivity contribution in [3.63, 3.8) is 0 Å². The minimum absolute atomic E-state index is 0.0472. The number of anilines is 2. The lowest BCUT2D eigenvalue weighted by atomic mass is 10.2. The van der Waals surface area contributed by atoms with Gasteiger partial charge in [-0.1, -0.05) is 18.2 Å². The van der Waals surface area contributed by atoms with Gasteiger partial charge in [0.1, 0.15) is 11.6 Å². The number of nitrogens with zero attached hydrogens (tertiary/aromatic N) is 5. The minimum Gasteiger partial charge on any atom is -0.441 e. The molecule has 3 N–H and O–H groups in total. The van der Waals surface area contributed by atoms with Gasteiger partial charge in [-0.3, -0.25) is 10.1 Å². The number of carbonyl (C=O) groups is 2. The average molecular weight is 475 g/mol. The lowest BCUT2D eigenvalue weighted by molar-refractivity contribution is 0.0934. The third-order valence-corrected chi connectivity index (χ3v) is 5.76. The van der Waals surface area contributed by atoms with Crippen molar-refractivity contribution < 1.29 is 14.0 Å². The molecule has 180 valence electrons. The molecule has 0 spiro atoms. The zero-order chi connectivity index (χ0) is 24.4. The average Bonchev–Trinajstić information content (AvgIpc) is 3.57. The summed E-state index contributed by atoms with van der Waals surface area (Å²) in [6.45, 7) is 5.48. The molecule has 11 heteroatoms. The number of aromatic nitrogens is 4. The van der Waals surface area contributed by atoms with Crippen molar-refractivity contribution in [2.45, 2.75) is 26.3 Å². The van der Waals surface area contributed by atoms with E-state index in [1.54, 1.807) is 17.6 Å². The number of carbonyl (C=O) groups excluding carboxylic acids is 2. The molecule has 0 bridgehead atoms. The highest BCUT2D eigenvalue weighted by atomic mass is 16.4. The summed E-state index contributed by atoms with van der Waals surface area (Å²) in [6.07, 6.45) is 2.45. The van der Waals surface area contributed by atoms with Crippen LogP contribution in [0.3, 0.4) is 0 Å². The maximum atomic E-state index is 12.9. The number of hydrogen-bond donors (Lipinski definition) is 3. The van der Waals surface area contributed by atoms with Gasteiger partial charge in [0, 0.05) is 31.2 Å². The molecule has 0 unspecified atom stereocenters. The first-order chi connectivity index (χ1) is 17.0. The van der Waals surface area contributed by atoms with Crippen LogP contribution in [0.25, 0.3) is 17.1 Å². The zero-order valence-corrected chi connectivity index (χ0v) is 19.5. The number of nitrogens with one attached hydrogen (secondary N) is 3. The van der Waals surface area contributed by atoms with Crippen LogP contribution in [0, 0.1) is 6.92 Å². The quantitative estimate of drug-likeness (QED) is 0.392. The molecule has 35 heavy (non-hydrogen) atoms. The molecular formula is C24H26N8O3. The number of oxazole rings is 1. The number of aryl methyl sites for hydroxylation is 1. The van der Waals surface area contributed by atoms with Crippen molar-refractivity contribution in [1.29, 1.82) is 0 Å². The van der Waals surface area contributed by atoms with Crippen molar-refractivity contribution in [2.24, 2.45) is 0 Å². The summed E-state index contributed by atoms with van der Waals surface area (Å²) in [7, 11) is 0. The van der Waals surface area contributed by atoms with Crippen LogP contribution in [-0.2, 0) is 0 Å². The lowest BCUT2D eigenvalue weighted by Gasteiger charge is -2.17. The van der Waals surface area contributed by atoms with Crippen molar-refractivity contribution >= 4 is 29.2 Å². The fraction of sp³-hybridized carbons (Fsp3) is 0.292. The molecule has 0 radical (unpaired) electrons. The topological polar surface area (TPSA) is 130 Å². The van der Waals surface area contributed by atoms with Crippen molar-refractivity contribution in [3.05, 3.63) is 60.1 Å². The Bertz CT molecular complexity index is 1360. The SMILES string of the molecule is CCNC(=O)Nc1cn2nc(N3CC[C@H](NC(=O)c4nc(-c5ccccc5)oc4C)C3)ccc2n1. The second kappa shape index (κ2) is 9.45. The molecule has 5 rings (SSSR count). The Hall–Kier alpha value is -4.41. The van der Waals surface area contributed by atoms with E-state index < -0.39 is 0 Å². The van der Waals surface area contributed by atoms with Gasteiger partial charge in [0.25, 0.3) is 5.91 Å². The van der Waals surface area contributed by atoms with Gasteiger partial charge in [0.2, 0.25) is 5.89 Å². The summed E-state index contributed by atoms with van der Waals surface area (Å²) in [5.74, 6) is 1.85. The Morgan fingerprint density at radius 3 is 2.77 bits per heavy atom. The van der Waals surface area contributed by atoms with E-state index in [1.807, 2.05) is 49.4 Å². The van der Waals surface area contributed by atoms with Crippen molar-refractivity contribution in [3.8, 4) is 11.5 Å². The lowest BCUT2D eigenvalue weighted by Crippen LogP contribution is -2.37. The van der Waals surface area contributed by atoms with Crippen molar-refractivity contribution in [2.75, 3.05) is 29.9 Å². The van der Waals surface area contributed by atoms with Gasteiger partial charge >= 0.3 is 6.03 Å². The Morgan fingerprint density at radius 1 is 1.14 bits per heavy atom. The monoisotopic (exact) mass is 474 g/mol. The van der Waals surface area contributed by atoms with Crippen LogP contribution in [0.1, 0.15) is 29.6 Å². The van der Waals surface area contributed by atoms with E-state index in [1.165, 1.54) is 0 Å². The van der Waals surface area contributed by atoms with Gasteiger partial charge in [0.05, 0.1) is 6.20 Å². The molecule has 1 saturated heterocycles. The highest BCUT2D eigenvalue weighted by Crippen LogP contribution is 2.23. The highest BCUT2D eigenvalue weighted by molar-refractivity contribution is 5.94. The normalized spacial score (nSPS) is 15.4. The number of hydrogen-bond acceptors (Lipinski definition) is 7. The summed E-state index contributed by atoms with van der Waals surface area (Å²) in [4.78, 5) is 35.5. The predicted molar refractivity (Wildman–Crippen MR) is 130 cm³/mol. The van der Waals surface area contributed by atoms with E-state index in [4.69, 9.17) is 4.42 Å². The van der Waals surface area contributed by atoms with Crippen LogP contribution in [0.2, 0.25) is 0 Å². The number of imidazole rings is 1. The first-order valence-corrected chi connectivity index (χ1v) is 11.5.